The van der Waals surface area contributed by atoms with Crippen LogP contribution in [0.2, 0.25) is 0 Å². The number of nitrogens with zero attached hydrogens (tertiary/aromatic N) is 2. The Morgan fingerprint density at radius 2 is 1.72 bits per heavy atom. The lowest BCUT2D eigenvalue weighted by molar-refractivity contribution is -0.180. The van der Waals surface area contributed by atoms with Gasteiger partial charge in [-0.3, -0.25) is 19.4 Å². The third kappa shape index (κ3) is 12.0. The summed E-state index contributed by atoms with van der Waals surface area (Å²) in [4.78, 5) is 60.6. The largest absolute Gasteiger partial charge is 0.465 e. The number of aromatic nitrogens is 1. The van der Waals surface area contributed by atoms with E-state index in [0.717, 1.165) is 16.5 Å². The highest BCUT2D eigenvalue weighted by molar-refractivity contribution is 5.89. The molecule has 1 heterocycles. The van der Waals surface area contributed by atoms with Crippen LogP contribution in [-0.4, -0.2) is 90.2 Å². The van der Waals surface area contributed by atoms with E-state index in [1.54, 1.807) is 18.0 Å². The van der Waals surface area contributed by atoms with Gasteiger partial charge in [0.1, 0.15) is 6.04 Å². The molecular formula is C29H44N6O8. The van der Waals surface area contributed by atoms with Gasteiger partial charge in [0.05, 0.1) is 11.6 Å². The van der Waals surface area contributed by atoms with Crippen LogP contribution in [0.25, 0.3) is 10.9 Å². The van der Waals surface area contributed by atoms with E-state index < -0.39 is 43.0 Å². The Bertz CT molecular complexity index is 1170. The maximum atomic E-state index is 14.3. The number of urea groups is 1. The summed E-state index contributed by atoms with van der Waals surface area (Å²) in [5, 5.41) is 17.3. The predicted octanol–water partition coefficient (Wildman–Crippen LogP) is 2.52. The second kappa shape index (κ2) is 19.2. The quantitative estimate of drug-likeness (QED) is 0.0915. The van der Waals surface area contributed by atoms with Crippen LogP contribution in [0.15, 0.2) is 36.5 Å². The van der Waals surface area contributed by atoms with E-state index in [9.17, 15) is 19.2 Å². The average Bonchev–Trinajstić information content (AvgIpc) is 2.98. The van der Waals surface area contributed by atoms with Gasteiger partial charge in [-0.2, -0.15) is 0 Å². The number of ether oxygens (including phenoxy) is 2. The minimum atomic E-state index is -1.14. The number of carbonyl (C=O) groups excluding carboxylic acids is 3. The lowest BCUT2D eigenvalue weighted by Crippen LogP contribution is -2.55. The van der Waals surface area contributed by atoms with E-state index in [-0.39, 0.29) is 25.4 Å². The van der Waals surface area contributed by atoms with Crippen molar-refractivity contribution in [1.82, 2.24) is 31.3 Å². The van der Waals surface area contributed by atoms with Crippen LogP contribution >= 0.6 is 0 Å². The molecule has 5 amide bonds. The minimum Gasteiger partial charge on any atom is -0.465 e. The summed E-state index contributed by atoms with van der Waals surface area (Å²) in [5.74, 6) is -1.01. The molecule has 2 atom stereocenters. The molecule has 2 rings (SSSR count). The first kappa shape index (κ1) is 35.2. The van der Waals surface area contributed by atoms with Crippen LogP contribution in [0.5, 0.6) is 0 Å². The van der Waals surface area contributed by atoms with Gasteiger partial charge in [-0.25, -0.2) is 15.1 Å². The second-order valence-electron chi connectivity index (χ2n) is 9.58. The summed E-state index contributed by atoms with van der Waals surface area (Å²) in [6.07, 6.45) is 0.924. The number of hydroxylamine groups is 1. The third-order valence-corrected chi connectivity index (χ3v) is 6.42. The fourth-order valence-corrected chi connectivity index (χ4v) is 4.43. The number of pyridine rings is 1. The highest BCUT2D eigenvalue weighted by atomic mass is 16.7. The lowest BCUT2D eigenvalue weighted by Gasteiger charge is -2.36. The van der Waals surface area contributed by atoms with Crippen LogP contribution in [0.1, 0.15) is 52.5 Å². The van der Waals surface area contributed by atoms with Crippen molar-refractivity contribution in [3.63, 3.8) is 0 Å². The number of fused-ring (bicyclic) bond motifs is 1. The van der Waals surface area contributed by atoms with Crippen molar-refractivity contribution in [2.24, 2.45) is 0 Å². The van der Waals surface area contributed by atoms with E-state index in [4.69, 9.17) is 19.4 Å². The van der Waals surface area contributed by atoms with Crippen molar-refractivity contribution in [3.8, 4) is 0 Å². The number of benzene rings is 1. The first-order valence-corrected chi connectivity index (χ1v) is 14.5. The molecule has 0 aliphatic rings. The minimum absolute atomic E-state index is 0.160. The molecule has 0 fully saturated rings. The lowest BCUT2D eigenvalue weighted by atomic mass is 10.0. The molecule has 0 unspecified atom stereocenters. The van der Waals surface area contributed by atoms with Gasteiger partial charge in [-0.15, -0.1) is 0 Å². The number of hydrogen-bond acceptors (Lipinski definition) is 8. The molecule has 0 aliphatic heterocycles. The Hall–Kier alpha value is -4.01. The highest BCUT2D eigenvalue weighted by Gasteiger charge is 2.34. The molecule has 14 heteroatoms. The van der Waals surface area contributed by atoms with Gasteiger partial charge in [0.2, 0.25) is 11.8 Å². The molecule has 1 aromatic heterocycles. The molecule has 2 aromatic rings. The Balaban J connectivity index is 2.35. The van der Waals surface area contributed by atoms with Crippen molar-refractivity contribution >= 4 is 34.8 Å². The number of para-hydroxylation sites is 1. The maximum Gasteiger partial charge on any atom is 0.404 e. The Kier molecular flexibility index (Phi) is 15.7. The van der Waals surface area contributed by atoms with Gasteiger partial charge in [0.25, 0.3) is 0 Å². The van der Waals surface area contributed by atoms with Gasteiger partial charge in [0.15, 0.2) is 12.9 Å². The average molecular weight is 605 g/mol. The summed E-state index contributed by atoms with van der Waals surface area (Å²) in [6, 6.07) is 7.35. The zero-order valence-electron chi connectivity index (χ0n) is 25.3. The van der Waals surface area contributed by atoms with Crippen molar-refractivity contribution in [2.75, 3.05) is 32.9 Å². The molecule has 0 radical (unpaired) electrons. The summed E-state index contributed by atoms with van der Waals surface area (Å²) >= 11 is 0. The molecule has 0 aliphatic carbocycles. The standard InChI is InChI=1S/C29H44N6O8/c1-5-30-28(38)34-43-19-24(36)33-23(15-8-9-16-32-29(39)40)26(37)35(20(4)27(41-6-2)42-7-3)18-22-13-10-12-21-14-11-17-31-25(21)22/h10-14,17,20,23,27,32H,5-9,15-16,18-19H2,1-4H3,(H,33,36)(H,39,40)(H2,30,34,38)/t20-,23-/m0/s1. The van der Waals surface area contributed by atoms with E-state index in [1.165, 1.54) is 0 Å². The summed E-state index contributed by atoms with van der Waals surface area (Å²) in [7, 11) is 0. The fourth-order valence-electron chi connectivity index (χ4n) is 4.43. The Labute approximate surface area is 251 Å². The van der Waals surface area contributed by atoms with Crippen LogP contribution in [0, 0.1) is 0 Å². The highest BCUT2D eigenvalue weighted by Crippen LogP contribution is 2.22. The van der Waals surface area contributed by atoms with E-state index >= 15 is 0 Å². The SMILES string of the molecule is CCNC(=O)NOCC(=O)N[C@@H](CCCCNC(=O)O)C(=O)N(Cc1cccc2cccnc12)[C@@H](C)C(OCC)OCC. The zero-order valence-corrected chi connectivity index (χ0v) is 25.3. The van der Waals surface area contributed by atoms with Crippen LogP contribution in [-0.2, 0) is 30.4 Å². The molecule has 0 bridgehead atoms. The first-order chi connectivity index (χ1) is 20.7. The molecule has 5 N–H and O–H groups in total. The first-order valence-electron chi connectivity index (χ1n) is 14.5. The monoisotopic (exact) mass is 604 g/mol. The molecule has 238 valence electrons. The summed E-state index contributed by atoms with van der Waals surface area (Å²) in [5.41, 5.74) is 3.65. The van der Waals surface area contributed by atoms with Crippen LogP contribution in [0.4, 0.5) is 9.59 Å². The smallest absolute Gasteiger partial charge is 0.404 e. The van der Waals surface area contributed by atoms with Crippen molar-refractivity contribution in [1.29, 1.82) is 0 Å². The van der Waals surface area contributed by atoms with Crippen LogP contribution < -0.4 is 21.4 Å². The van der Waals surface area contributed by atoms with Crippen LogP contribution in [0.3, 0.4) is 0 Å². The topological polar surface area (TPSA) is 180 Å². The van der Waals surface area contributed by atoms with Crippen molar-refractivity contribution in [2.45, 2.75) is 71.9 Å². The number of hydrogen-bond donors (Lipinski definition) is 5. The summed E-state index contributed by atoms with van der Waals surface area (Å²) < 4.78 is 11.7. The van der Waals surface area contributed by atoms with E-state index in [0.29, 0.717) is 32.6 Å². The normalized spacial score (nSPS) is 12.4. The van der Waals surface area contributed by atoms with Crippen molar-refractivity contribution in [3.05, 3.63) is 42.1 Å². The molecule has 0 saturated heterocycles. The third-order valence-electron chi connectivity index (χ3n) is 6.42. The number of nitrogens with one attached hydrogen (secondary N) is 4. The van der Waals surface area contributed by atoms with Crippen molar-refractivity contribution < 1.29 is 38.6 Å². The number of carboxylic acid groups (broad SMARTS) is 1. The zero-order chi connectivity index (χ0) is 31.6. The van der Waals surface area contributed by atoms with Gasteiger partial charge >= 0.3 is 12.1 Å². The number of rotatable bonds is 19. The van der Waals surface area contributed by atoms with E-state index in [1.807, 2.05) is 51.1 Å². The van der Waals surface area contributed by atoms with Gasteiger partial charge in [0, 0.05) is 44.4 Å². The number of amides is 5. The van der Waals surface area contributed by atoms with Gasteiger partial charge < -0.3 is 35.4 Å². The molecular weight excluding hydrogens is 560 g/mol. The summed E-state index contributed by atoms with van der Waals surface area (Å²) in [6.45, 7) is 8.16. The van der Waals surface area contributed by atoms with Gasteiger partial charge in [-0.1, -0.05) is 24.3 Å². The molecule has 0 spiro atoms. The molecule has 14 nitrogen and oxygen atoms in total. The Morgan fingerprint density at radius 3 is 2.40 bits per heavy atom. The van der Waals surface area contributed by atoms with E-state index in [2.05, 4.69) is 26.4 Å². The molecule has 43 heavy (non-hydrogen) atoms. The molecule has 0 saturated carbocycles. The molecule has 1 aromatic carbocycles. The van der Waals surface area contributed by atoms with Gasteiger partial charge in [-0.05, 0) is 58.6 Å². The fraction of sp³-hybridized carbons (Fsp3) is 0.552. The second-order valence-corrected chi connectivity index (χ2v) is 9.58. The number of carbonyl (C=O) groups is 4. The Morgan fingerprint density at radius 1 is 1.00 bits per heavy atom. The number of unbranched alkanes of at least 4 members (excludes halogenated alkanes) is 1. The predicted molar refractivity (Wildman–Crippen MR) is 159 cm³/mol. The maximum absolute atomic E-state index is 14.3.